The Morgan fingerprint density at radius 3 is 2.43 bits per heavy atom. The van der Waals surface area contributed by atoms with Crippen LogP contribution in [0.5, 0.6) is 0 Å². The monoisotopic (exact) mass is 100 g/mol. The first-order valence-electron chi connectivity index (χ1n) is 1.87. The molecular weight excluding hydrogens is 92.1 g/mol. The second kappa shape index (κ2) is 3.33. The molecule has 0 aliphatic carbocycles. The van der Waals surface area contributed by atoms with Gasteiger partial charge < -0.3 is 4.84 Å². The predicted molar refractivity (Wildman–Crippen MR) is 26.7 cm³/mol. The first-order valence-corrected chi connectivity index (χ1v) is 1.87. The highest BCUT2D eigenvalue weighted by Crippen LogP contribution is 1.87. The lowest BCUT2D eigenvalue weighted by molar-refractivity contribution is 0.189. The molecule has 3 heteroatoms. The molecule has 0 spiro atoms. The second-order valence-electron chi connectivity index (χ2n) is 1.10. The average Bonchev–Trinajstić information content (AvgIpc) is 1.61. The Kier molecular flexibility index (Phi) is 2.92. The summed E-state index contributed by atoms with van der Waals surface area (Å²) in [4.78, 5) is 4.25. The van der Waals surface area contributed by atoms with Gasteiger partial charge in [0.2, 0.25) is 0 Å². The molecule has 0 N–H and O–H groups in total. The first kappa shape index (κ1) is 6.14. The Morgan fingerprint density at radius 1 is 1.71 bits per heavy atom. The Morgan fingerprint density at radius 2 is 2.29 bits per heavy atom. The molecule has 0 bridgehead atoms. The molecule has 0 atom stereocenters. The van der Waals surface area contributed by atoms with Gasteiger partial charge in [0.05, 0.1) is 5.70 Å². The van der Waals surface area contributed by atoms with E-state index in [-0.39, 0.29) is 0 Å². The number of hydrogen-bond acceptors (Lipinski definition) is 3. The zero-order chi connectivity index (χ0) is 5.70. The Hall–Kier alpha value is -0.860. The quantitative estimate of drug-likeness (QED) is 0.382. The molecule has 0 aliphatic rings. The maximum absolute atomic E-state index is 4.25. The maximum Gasteiger partial charge on any atom is 0.108 e. The topological polar surface area (TPSA) is 34.0 Å². The normalized spacial score (nSPS) is 9.43. The first-order chi connectivity index (χ1) is 3.27. The summed E-state index contributed by atoms with van der Waals surface area (Å²) in [5, 5.41) is 6.65. The average molecular weight is 100 g/mol. The SMILES string of the molecule is C=C(C)N=NOC. The highest BCUT2D eigenvalue weighted by molar-refractivity contribution is 4.81. The van der Waals surface area contributed by atoms with Crippen LogP contribution in [0.2, 0.25) is 0 Å². The van der Waals surface area contributed by atoms with Gasteiger partial charge in [0.25, 0.3) is 0 Å². The number of allylic oxidation sites excluding steroid dienone is 1. The third kappa shape index (κ3) is 5.14. The predicted octanol–water partition coefficient (Wildman–Crippen LogP) is 1.53. The van der Waals surface area contributed by atoms with E-state index in [1.807, 2.05) is 0 Å². The Labute approximate surface area is 42.7 Å². The van der Waals surface area contributed by atoms with Crippen LogP contribution >= 0.6 is 0 Å². The van der Waals surface area contributed by atoms with Gasteiger partial charge in [-0.05, 0) is 6.92 Å². The molecule has 0 saturated carbocycles. The van der Waals surface area contributed by atoms with Gasteiger partial charge in [-0.1, -0.05) is 6.58 Å². The van der Waals surface area contributed by atoms with Gasteiger partial charge in [-0.2, -0.15) is 0 Å². The van der Waals surface area contributed by atoms with Crippen molar-refractivity contribution in [2.75, 3.05) is 7.11 Å². The summed E-state index contributed by atoms with van der Waals surface area (Å²) < 4.78 is 0. The minimum atomic E-state index is 0.641. The molecule has 0 aromatic rings. The number of hydrogen-bond donors (Lipinski definition) is 0. The molecule has 0 amide bonds. The van der Waals surface area contributed by atoms with Gasteiger partial charge in [-0.25, -0.2) is 0 Å². The van der Waals surface area contributed by atoms with Crippen LogP contribution in [0.15, 0.2) is 22.7 Å². The third-order valence-corrected chi connectivity index (χ3v) is 0.293. The lowest BCUT2D eigenvalue weighted by Crippen LogP contribution is -1.63. The lowest BCUT2D eigenvalue weighted by Gasteiger charge is -1.80. The molecule has 0 aromatic carbocycles. The molecule has 7 heavy (non-hydrogen) atoms. The minimum Gasteiger partial charge on any atom is -0.383 e. The summed E-state index contributed by atoms with van der Waals surface area (Å²) in [6.07, 6.45) is 0. The van der Waals surface area contributed by atoms with Crippen LogP contribution in [0.1, 0.15) is 6.92 Å². The van der Waals surface area contributed by atoms with E-state index in [9.17, 15) is 0 Å². The van der Waals surface area contributed by atoms with Crippen LogP contribution in [0.4, 0.5) is 0 Å². The van der Waals surface area contributed by atoms with Gasteiger partial charge in [0, 0.05) is 5.28 Å². The summed E-state index contributed by atoms with van der Waals surface area (Å²) in [7, 11) is 1.44. The fourth-order valence-corrected chi connectivity index (χ4v) is 0.111. The summed E-state index contributed by atoms with van der Waals surface area (Å²) in [6.45, 7) is 5.19. The number of nitrogens with zero attached hydrogens (tertiary/aromatic N) is 2. The lowest BCUT2D eigenvalue weighted by atomic mass is 10.6. The van der Waals surface area contributed by atoms with E-state index in [0.29, 0.717) is 5.70 Å². The van der Waals surface area contributed by atoms with Crippen molar-refractivity contribution >= 4 is 0 Å². The van der Waals surface area contributed by atoms with Crippen LogP contribution < -0.4 is 0 Å². The molecule has 0 fully saturated rings. The molecule has 0 heterocycles. The molecule has 0 rings (SSSR count). The number of rotatable bonds is 2. The molecular formula is C4H8N2O. The Balaban J connectivity index is 3.26. The van der Waals surface area contributed by atoms with Gasteiger partial charge >= 0.3 is 0 Å². The van der Waals surface area contributed by atoms with E-state index < -0.39 is 0 Å². The van der Waals surface area contributed by atoms with Crippen molar-refractivity contribution in [3.8, 4) is 0 Å². The van der Waals surface area contributed by atoms with Gasteiger partial charge in [-0.3, -0.25) is 0 Å². The van der Waals surface area contributed by atoms with E-state index in [1.54, 1.807) is 6.92 Å². The zero-order valence-corrected chi connectivity index (χ0v) is 4.51. The third-order valence-electron chi connectivity index (χ3n) is 0.293. The maximum atomic E-state index is 4.25. The minimum absolute atomic E-state index is 0.641. The molecule has 40 valence electrons. The summed E-state index contributed by atoms with van der Waals surface area (Å²) in [5.74, 6) is 0. The van der Waals surface area contributed by atoms with Crippen molar-refractivity contribution in [3.05, 3.63) is 12.3 Å². The molecule has 0 aliphatic heterocycles. The van der Waals surface area contributed by atoms with E-state index in [1.165, 1.54) is 7.11 Å². The highest BCUT2D eigenvalue weighted by atomic mass is 16.6. The van der Waals surface area contributed by atoms with E-state index >= 15 is 0 Å². The molecule has 0 radical (unpaired) electrons. The van der Waals surface area contributed by atoms with Crippen molar-refractivity contribution in [2.45, 2.75) is 6.92 Å². The van der Waals surface area contributed by atoms with Crippen LogP contribution in [-0.2, 0) is 4.84 Å². The summed E-state index contributed by atoms with van der Waals surface area (Å²) in [5.41, 5.74) is 0.641. The van der Waals surface area contributed by atoms with Crippen molar-refractivity contribution in [1.82, 2.24) is 0 Å². The van der Waals surface area contributed by atoms with Crippen molar-refractivity contribution < 1.29 is 4.84 Å². The van der Waals surface area contributed by atoms with Crippen LogP contribution in [0.25, 0.3) is 0 Å². The van der Waals surface area contributed by atoms with Crippen LogP contribution in [0.3, 0.4) is 0 Å². The van der Waals surface area contributed by atoms with Crippen molar-refractivity contribution in [1.29, 1.82) is 0 Å². The second-order valence-corrected chi connectivity index (χ2v) is 1.10. The largest absolute Gasteiger partial charge is 0.383 e. The van der Waals surface area contributed by atoms with Gasteiger partial charge in [0.1, 0.15) is 7.11 Å². The fraction of sp³-hybridized carbons (Fsp3) is 0.500. The summed E-state index contributed by atoms with van der Waals surface area (Å²) in [6, 6.07) is 0. The molecule has 0 saturated heterocycles. The summed E-state index contributed by atoms with van der Waals surface area (Å²) >= 11 is 0. The van der Waals surface area contributed by atoms with E-state index in [2.05, 4.69) is 21.8 Å². The van der Waals surface area contributed by atoms with Crippen molar-refractivity contribution in [3.63, 3.8) is 0 Å². The van der Waals surface area contributed by atoms with Crippen LogP contribution in [0, 0.1) is 0 Å². The van der Waals surface area contributed by atoms with Gasteiger partial charge in [0.15, 0.2) is 0 Å². The van der Waals surface area contributed by atoms with Crippen LogP contribution in [-0.4, -0.2) is 7.11 Å². The van der Waals surface area contributed by atoms with E-state index in [0.717, 1.165) is 0 Å². The fourth-order valence-electron chi connectivity index (χ4n) is 0.111. The smallest absolute Gasteiger partial charge is 0.108 e. The van der Waals surface area contributed by atoms with Crippen molar-refractivity contribution in [2.24, 2.45) is 10.4 Å². The molecule has 3 nitrogen and oxygen atoms in total. The zero-order valence-electron chi connectivity index (χ0n) is 4.51. The highest BCUT2D eigenvalue weighted by Gasteiger charge is 1.70. The molecule has 0 unspecified atom stereocenters. The van der Waals surface area contributed by atoms with E-state index in [4.69, 9.17) is 0 Å². The van der Waals surface area contributed by atoms with Gasteiger partial charge in [-0.15, -0.1) is 5.11 Å². The molecule has 0 aromatic heterocycles. The Bertz CT molecular complexity index is 87.7. The standard InChI is InChI=1S/C4H8N2O/c1-4(2)5-6-7-3/h1H2,2-3H3.